The van der Waals surface area contributed by atoms with E-state index in [1.54, 1.807) is 0 Å². The summed E-state index contributed by atoms with van der Waals surface area (Å²) in [5.74, 6) is 1.95. The Bertz CT molecular complexity index is 701. The van der Waals surface area contributed by atoms with Crippen LogP contribution in [0.25, 0.3) is 0 Å². The monoisotopic (exact) mass is 338 g/mol. The number of para-hydroxylation sites is 2. The van der Waals surface area contributed by atoms with E-state index in [-0.39, 0.29) is 0 Å². The number of hydrogen-bond acceptors (Lipinski definition) is 2. The van der Waals surface area contributed by atoms with Gasteiger partial charge < -0.3 is 9.33 Å². The van der Waals surface area contributed by atoms with Crippen molar-refractivity contribution < 1.29 is 4.43 Å². The molecule has 1 aliphatic heterocycles. The van der Waals surface area contributed by atoms with E-state index >= 15 is 0 Å². The first-order valence-electron chi connectivity index (χ1n) is 8.70. The Labute approximate surface area is 146 Å². The summed E-state index contributed by atoms with van der Waals surface area (Å²) < 4.78 is 6.25. The summed E-state index contributed by atoms with van der Waals surface area (Å²) in [6.07, 6.45) is 2.47. The van der Waals surface area contributed by atoms with Crippen molar-refractivity contribution >= 4 is 19.8 Å². The first-order valence-corrected chi connectivity index (χ1v) is 12.1. The molecule has 126 valence electrons. The van der Waals surface area contributed by atoms with Crippen LogP contribution in [0.2, 0.25) is 19.6 Å². The maximum atomic E-state index is 6.25. The van der Waals surface area contributed by atoms with Gasteiger partial charge in [-0.05, 0) is 44.6 Å². The molecule has 3 rings (SSSR count). The van der Waals surface area contributed by atoms with Gasteiger partial charge in [0, 0.05) is 18.7 Å². The van der Waals surface area contributed by atoms with Gasteiger partial charge in [0.15, 0.2) is 0 Å². The van der Waals surface area contributed by atoms with Crippen LogP contribution in [-0.4, -0.2) is 32.1 Å². The highest BCUT2D eigenvalue weighted by atomic mass is 28.4. The van der Waals surface area contributed by atoms with E-state index in [1.165, 1.54) is 18.4 Å². The lowest BCUT2D eigenvalue weighted by Crippen LogP contribution is -2.30. The Morgan fingerprint density at radius 1 is 0.917 bits per heavy atom. The van der Waals surface area contributed by atoms with Crippen LogP contribution in [0.15, 0.2) is 59.6 Å². The largest absolute Gasteiger partial charge is 0.543 e. The van der Waals surface area contributed by atoms with Gasteiger partial charge >= 0.3 is 0 Å². The molecule has 0 aliphatic carbocycles. The molecule has 1 aliphatic rings. The molecule has 0 aromatic heterocycles. The third-order valence-electron chi connectivity index (χ3n) is 3.95. The lowest BCUT2D eigenvalue weighted by molar-refractivity contribution is 0.519. The van der Waals surface area contributed by atoms with Gasteiger partial charge in [-0.1, -0.05) is 42.5 Å². The van der Waals surface area contributed by atoms with Gasteiger partial charge in [0.2, 0.25) is 8.32 Å². The molecule has 0 atom stereocenters. The van der Waals surface area contributed by atoms with Gasteiger partial charge in [-0.15, -0.1) is 0 Å². The van der Waals surface area contributed by atoms with Gasteiger partial charge in [0.05, 0.1) is 0 Å². The highest BCUT2D eigenvalue weighted by molar-refractivity contribution is 6.70. The Balaban J connectivity index is 2.02. The SMILES string of the molecule is C[Si](C)(C)Oc1ccccc1N=C(c1ccccc1)N1CCCC1. The van der Waals surface area contributed by atoms with Crippen LogP contribution in [0.4, 0.5) is 5.69 Å². The minimum absolute atomic E-state index is 0.893. The Morgan fingerprint density at radius 2 is 1.54 bits per heavy atom. The first kappa shape index (κ1) is 16.8. The fourth-order valence-electron chi connectivity index (χ4n) is 2.91. The van der Waals surface area contributed by atoms with Crippen molar-refractivity contribution in [3.8, 4) is 5.75 Å². The minimum atomic E-state index is -1.67. The van der Waals surface area contributed by atoms with Gasteiger partial charge in [-0.3, -0.25) is 0 Å². The van der Waals surface area contributed by atoms with Crippen LogP contribution in [0.1, 0.15) is 18.4 Å². The normalized spacial score (nSPS) is 15.6. The van der Waals surface area contributed by atoms with Gasteiger partial charge in [-0.2, -0.15) is 0 Å². The first-order chi connectivity index (χ1) is 11.5. The Kier molecular flexibility index (Phi) is 5.05. The lowest BCUT2D eigenvalue weighted by atomic mass is 10.2. The molecule has 0 amide bonds. The molecule has 1 saturated heterocycles. The highest BCUT2D eigenvalue weighted by Gasteiger charge is 2.21. The molecule has 2 aromatic rings. The molecule has 0 N–H and O–H groups in total. The zero-order valence-electron chi connectivity index (χ0n) is 14.8. The number of likely N-dealkylation sites (tertiary alicyclic amines) is 1. The fourth-order valence-corrected chi connectivity index (χ4v) is 3.75. The Morgan fingerprint density at radius 3 is 2.21 bits per heavy atom. The summed E-state index contributed by atoms with van der Waals surface area (Å²) in [5, 5.41) is 0. The topological polar surface area (TPSA) is 24.8 Å². The number of benzene rings is 2. The third-order valence-corrected chi connectivity index (χ3v) is 4.78. The van der Waals surface area contributed by atoms with Crippen molar-refractivity contribution in [2.75, 3.05) is 13.1 Å². The minimum Gasteiger partial charge on any atom is -0.543 e. The maximum Gasteiger partial charge on any atom is 0.242 e. The van der Waals surface area contributed by atoms with E-state index in [0.29, 0.717) is 0 Å². The molecule has 3 nitrogen and oxygen atoms in total. The van der Waals surface area contributed by atoms with Crippen molar-refractivity contribution in [2.24, 2.45) is 4.99 Å². The molecule has 2 aromatic carbocycles. The third kappa shape index (κ3) is 4.26. The molecule has 0 unspecified atom stereocenters. The van der Waals surface area contributed by atoms with Crippen molar-refractivity contribution in [1.29, 1.82) is 0 Å². The molecule has 1 heterocycles. The van der Waals surface area contributed by atoms with Crippen LogP contribution in [-0.2, 0) is 0 Å². The molecule has 24 heavy (non-hydrogen) atoms. The predicted octanol–water partition coefficient (Wildman–Crippen LogP) is 5.07. The van der Waals surface area contributed by atoms with Crippen LogP contribution < -0.4 is 4.43 Å². The number of rotatable bonds is 4. The standard InChI is InChI=1S/C20H26N2OSi/c1-24(2,3)23-19-14-8-7-13-18(19)21-20(22-15-9-10-16-22)17-11-5-4-6-12-17/h4-8,11-14H,9-10,15-16H2,1-3H3. The van der Waals surface area contributed by atoms with Gasteiger partial charge in [-0.25, -0.2) is 4.99 Å². The van der Waals surface area contributed by atoms with Crippen LogP contribution >= 0.6 is 0 Å². The number of aliphatic imine (C=N–C) groups is 1. The number of amidine groups is 1. The highest BCUT2D eigenvalue weighted by Crippen LogP contribution is 2.30. The van der Waals surface area contributed by atoms with Crippen LogP contribution in [0, 0.1) is 0 Å². The molecule has 0 bridgehead atoms. The van der Waals surface area contributed by atoms with E-state index < -0.39 is 8.32 Å². The quantitative estimate of drug-likeness (QED) is 0.441. The Hall–Kier alpha value is -2.07. The second-order valence-electron chi connectivity index (χ2n) is 7.18. The van der Waals surface area contributed by atoms with Crippen molar-refractivity contribution in [1.82, 2.24) is 4.90 Å². The molecule has 0 spiro atoms. The molecule has 0 radical (unpaired) electrons. The molecule has 1 fully saturated rings. The average molecular weight is 339 g/mol. The van der Waals surface area contributed by atoms with E-state index in [0.717, 1.165) is 30.4 Å². The van der Waals surface area contributed by atoms with Crippen LogP contribution in [0.5, 0.6) is 5.75 Å². The van der Waals surface area contributed by atoms with Gasteiger partial charge in [0.25, 0.3) is 0 Å². The number of nitrogens with zero attached hydrogens (tertiary/aromatic N) is 2. The summed E-state index contributed by atoms with van der Waals surface area (Å²) in [6.45, 7) is 8.75. The zero-order valence-corrected chi connectivity index (χ0v) is 15.8. The summed E-state index contributed by atoms with van der Waals surface area (Å²) in [4.78, 5) is 7.42. The number of hydrogen-bond donors (Lipinski definition) is 0. The summed E-state index contributed by atoms with van der Waals surface area (Å²) in [5.41, 5.74) is 2.09. The van der Waals surface area contributed by atoms with Crippen molar-refractivity contribution in [3.05, 3.63) is 60.2 Å². The second-order valence-corrected chi connectivity index (χ2v) is 11.6. The maximum absolute atomic E-state index is 6.25. The average Bonchev–Trinajstić information content (AvgIpc) is 3.07. The van der Waals surface area contributed by atoms with E-state index in [2.05, 4.69) is 54.9 Å². The lowest BCUT2D eigenvalue weighted by Gasteiger charge is -2.23. The fraction of sp³-hybridized carbons (Fsp3) is 0.350. The molecule has 4 heteroatoms. The molecular formula is C20H26N2OSi. The van der Waals surface area contributed by atoms with Crippen molar-refractivity contribution in [2.45, 2.75) is 32.5 Å². The summed E-state index contributed by atoms with van der Waals surface area (Å²) in [6, 6.07) is 18.6. The molecule has 0 saturated carbocycles. The second kappa shape index (κ2) is 7.22. The predicted molar refractivity (Wildman–Crippen MR) is 104 cm³/mol. The van der Waals surface area contributed by atoms with E-state index in [4.69, 9.17) is 9.42 Å². The van der Waals surface area contributed by atoms with E-state index in [1.807, 2.05) is 24.3 Å². The zero-order chi connectivity index (χ0) is 17.0. The summed E-state index contributed by atoms with van der Waals surface area (Å²) >= 11 is 0. The van der Waals surface area contributed by atoms with E-state index in [9.17, 15) is 0 Å². The summed E-state index contributed by atoms with van der Waals surface area (Å²) in [7, 11) is -1.67. The molecular weight excluding hydrogens is 312 g/mol. The van der Waals surface area contributed by atoms with Crippen molar-refractivity contribution in [3.63, 3.8) is 0 Å². The smallest absolute Gasteiger partial charge is 0.242 e. The van der Waals surface area contributed by atoms with Crippen LogP contribution in [0.3, 0.4) is 0 Å². The van der Waals surface area contributed by atoms with Gasteiger partial charge in [0.1, 0.15) is 17.3 Å².